The Balaban J connectivity index is 1.77. The van der Waals surface area contributed by atoms with Crippen molar-refractivity contribution in [1.29, 1.82) is 0 Å². The summed E-state index contributed by atoms with van der Waals surface area (Å²) in [6, 6.07) is 13.5. The fraction of sp³-hybridized carbons (Fsp3) is 0.111. The lowest BCUT2D eigenvalue weighted by Gasteiger charge is -2.09. The Hall–Kier alpha value is -2.53. The molecule has 1 aromatic heterocycles. The second kappa shape index (κ2) is 6.71. The van der Waals surface area contributed by atoms with Crippen molar-refractivity contribution in [3.63, 3.8) is 0 Å². The Morgan fingerprint density at radius 1 is 1.17 bits per heavy atom. The topological polar surface area (TPSA) is 42.0 Å². The fourth-order valence-electron chi connectivity index (χ4n) is 2.28. The van der Waals surface area contributed by atoms with Crippen molar-refractivity contribution in [2.75, 3.05) is 5.32 Å². The van der Waals surface area contributed by atoms with Gasteiger partial charge in [-0.2, -0.15) is 0 Å². The number of hydrogen-bond donors (Lipinski definition) is 1. The molecular formula is C18H15FN2OS. The van der Waals surface area contributed by atoms with E-state index in [9.17, 15) is 9.18 Å². The standard InChI is InChI=1S/C18H15FN2OS/c1-12-20-17(11-23-12)15-4-2-3-5-16(15)21-18(22)10-13-6-8-14(19)9-7-13/h2-9,11H,10H2,1H3,(H,21,22). The summed E-state index contributed by atoms with van der Waals surface area (Å²) in [5, 5.41) is 5.86. The average Bonchev–Trinajstić information content (AvgIpc) is 2.96. The number of nitrogens with zero attached hydrogens (tertiary/aromatic N) is 1. The number of aryl methyl sites for hydroxylation is 1. The number of aromatic nitrogens is 1. The van der Waals surface area contributed by atoms with Gasteiger partial charge in [0.15, 0.2) is 0 Å². The van der Waals surface area contributed by atoms with Gasteiger partial charge in [0.1, 0.15) is 5.82 Å². The molecule has 2 aromatic carbocycles. The van der Waals surface area contributed by atoms with E-state index >= 15 is 0 Å². The highest BCUT2D eigenvalue weighted by atomic mass is 32.1. The molecule has 3 rings (SSSR count). The first kappa shape index (κ1) is 15.4. The number of para-hydroxylation sites is 1. The Kier molecular flexibility index (Phi) is 4.48. The van der Waals surface area contributed by atoms with Gasteiger partial charge in [-0.15, -0.1) is 11.3 Å². The van der Waals surface area contributed by atoms with Crippen LogP contribution in [0, 0.1) is 12.7 Å². The van der Waals surface area contributed by atoms with Crippen molar-refractivity contribution in [3.8, 4) is 11.3 Å². The molecule has 0 radical (unpaired) electrons. The highest BCUT2D eigenvalue weighted by molar-refractivity contribution is 7.09. The number of amides is 1. The second-order valence-electron chi connectivity index (χ2n) is 5.15. The Labute approximate surface area is 137 Å². The minimum Gasteiger partial charge on any atom is -0.325 e. The number of anilines is 1. The number of hydrogen-bond acceptors (Lipinski definition) is 3. The van der Waals surface area contributed by atoms with Gasteiger partial charge in [-0.3, -0.25) is 4.79 Å². The van der Waals surface area contributed by atoms with Crippen molar-refractivity contribution < 1.29 is 9.18 Å². The molecule has 0 fully saturated rings. The third kappa shape index (κ3) is 3.81. The molecule has 0 unspecified atom stereocenters. The van der Waals surface area contributed by atoms with Crippen molar-refractivity contribution in [2.45, 2.75) is 13.3 Å². The van der Waals surface area contributed by atoms with Gasteiger partial charge in [-0.25, -0.2) is 9.37 Å². The lowest BCUT2D eigenvalue weighted by atomic mass is 10.1. The molecule has 116 valence electrons. The van der Waals surface area contributed by atoms with E-state index in [1.807, 2.05) is 36.6 Å². The van der Waals surface area contributed by atoms with Crippen LogP contribution in [0.3, 0.4) is 0 Å². The van der Waals surface area contributed by atoms with E-state index in [0.717, 1.165) is 27.5 Å². The molecule has 0 aliphatic heterocycles. The van der Waals surface area contributed by atoms with Crippen molar-refractivity contribution >= 4 is 22.9 Å². The zero-order chi connectivity index (χ0) is 16.2. The van der Waals surface area contributed by atoms with Gasteiger partial charge in [0.05, 0.1) is 22.8 Å². The molecule has 23 heavy (non-hydrogen) atoms. The van der Waals surface area contributed by atoms with Gasteiger partial charge >= 0.3 is 0 Å². The summed E-state index contributed by atoms with van der Waals surface area (Å²) < 4.78 is 12.9. The molecule has 0 bridgehead atoms. The molecule has 5 heteroatoms. The molecule has 0 saturated heterocycles. The van der Waals surface area contributed by atoms with Gasteiger partial charge in [0.25, 0.3) is 0 Å². The molecule has 0 aliphatic carbocycles. The van der Waals surface area contributed by atoms with Crippen LogP contribution in [-0.4, -0.2) is 10.9 Å². The molecule has 0 spiro atoms. The third-order valence-corrected chi connectivity index (χ3v) is 4.15. The van der Waals surface area contributed by atoms with Crippen LogP contribution in [0.5, 0.6) is 0 Å². The summed E-state index contributed by atoms with van der Waals surface area (Å²) in [5.41, 5.74) is 3.24. The first-order valence-corrected chi connectivity index (χ1v) is 8.05. The summed E-state index contributed by atoms with van der Waals surface area (Å²) in [5.74, 6) is -0.450. The number of nitrogens with one attached hydrogen (secondary N) is 1. The summed E-state index contributed by atoms with van der Waals surface area (Å²) in [6.45, 7) is 1.95. The lowest BCUT2D eigenvalue weighted by molar-refractivity contribution is -0.115. The van der Waals surface area contributed by atoms with Crippen LogP contribution < -0.4 is 5.32 Å². The lowest BCUT2D eigenvalue weighted by Crippen LogP contribution is -2.15. The first-order chi connectivity index (χ1) is 11.1. The molecule has 3 nitrogen and oxygen atoms in total. The van der Waals surface area contributed by atoms with Gasteiger partial charge in [-0.05, 0) is 30.7 Å². The van der Waals surface area contributed by atoms with Crippen LogP contribution >= 0.6 is 11.3 Å². The molecule has 0 saturated carbocycles. The van der Waals surface area contributed by atoms with Gasteiger partial charge in [0.2, 0.25) is 5.91 Å². The summed E-state index contributed by atoms with van der Waals surface area (Å²) in [4.78, 5) is 16.7. The van der Waals surface area contributed by atoms with E-state index in [2.05, 4.69) is 10.3 Å². The quantitative estimate of drug-likeness (QED) is 0.770. The SMILES string of the molecule is Cc1nc(-c2ccccc2NC(=O)Cc2ccc(F)cc2)cs1. The maximum absolute atomic E-state index is 12.9. The number of carbonyl (C=O) groups is 1. The van der Waals surface area contributed by atoms with Crippen molar-refractivity contribution in [2.24, 2.45) is 0 Å². The highest BCUT2D eigenvalue weighted by Gasteiger charge is 2.11. The Bertz CT molecular complexity index is 827. The zero-order valence-corrected chi connectivity index (χ0v) is 13.4. The number of thiazole rings is 1. The summed E-state index contributed by atoms with van der Waals surface area (Å²) in [6.07, 6.45) is 0.199. The highest BCUT2D eigenvalue weighted by Crippen LogP contribution is 2.28. The number of halogens is 1. The van der Waals surface area contributed by atoms with Gasteiger partial charge in [0, 0.05) is 10.9 Å². The fourth-order valence-corrected chi connectivity index (χ4v) is 2.90. The normalized spacial score (nSPS) is 10.5. The predicted octanol–water partition coefficient (Wildman–Crippen LogP) is 4.44. The predicted molar refractivity (Wildman–Crippen MR) is 91.0 cm³/mol. The Morgan fingerprint density at radius 2 is 1.91 bits per heavy atom. The van der Waals surface area contributed by atoms with Crippen LogP contribution in [0.1, 0.15) is 10.6 Å². The minimum atomic E-state index is -0.307. The third-order valence-electron chi connectivity index (χ3n) is 3.37. The molecule has 1 heterocycles. The van der Waals surface area contributed by atoms with Gasteiger partial charge in [-0.1, -0.05) is 30.3 Å². The number of rotatable bonds is 4. The monoisotopic (exact) mass is 326 g/mol. The first-order valence-electron chi connectivity index (χ1n) is 7.17. The van der Waals surface area contributed by atoms with E-state index in [1.54, 1.807) is 23.5 Å². The molecule has 3 aromatic rings. The maximum Gasteiger partial charge on any atom is 0.228 e. The maximum atomic E-state index is 12.9. The minimum absolute atomic E-state index is 0.143. The van der Waals surface area contributed by atoms with Gasteiger partial charge < -0.3 is 5.32 Å². The zero-order valence-electron chi connectivity index (χ0n) is 12.5. The van der Waals surface area contributed by atoms with E-state index in [0.29, 0.717) is 0 Å². The Morgan fingerprint density at radius 3 is 2.61 bits per heavy atom. The summed E-state index contributed by atoms with van der Waals surface area (Å²) >= 11 is 1.57. The molecule has 0 atom stereocenters. The van der Waals surface area contributed by atoms with Crippen LogP contribution in [0.4, 0.5) is 10.1 Å². The van der Waals surface area contributed by atoms with E-state index < -0.39 is 0 Å². The molecular weight excluding hydrogens is 311 g/mol. The molecule has 1 N–H and O–H groups in total. The van der Waals surface area contributed by atoms with Crippen LogP contribution in [0.2, 0.25) is 0 Å². The smallest absolute Gasteiger partial charge is 0.228 e. The summed E-state index contributed by atoms with van der Waals surface area (Å²) in [7, 11) is 0. The second-order valence-corrected chi connectivity index (χ2v) is 6.21. The number of carbonyl (C=O) groups excluding carboxylic acids is 1. The molecule has 0 aliphatic rings. The van der Waals surface area contributed by atoms with E-state index in [1.165, 1.54) is 12.1 Å². The largest absolute Gasteiger partial charge is 0.325 e. The average molecular weight is 326 g/mol. The van der Waals surface area contributed by atoms with Crippen LogP contribution in [-0.2, 0) is 11.2 Å². The number of benzene rings is 2. The van der Waals surface area contributed by atoms with Crippen molar-refractivity contribution in [1.82, 2.24) is 4.98 Å². The van der Waals surface area contributed by atoms with Crippen molar-refractivity contribution in [3.05, 3.63) is 70.3 Å². The van der Waals surface area contributed by atoms with E-state index in [-0.39, 0.29) is 18.1 Å². The van der Waals surface area contributed by atoms with Crippen LogP contribution in [0.15, 0.2) is 53.9 Å². The molecule has 1 amide bonds. The van der Waals surface area contributed by atoms with Crippen LogP contribution in [0.25, 0.3) is 11.3 Å². The van der Waals surface area contributed by atoms with E-state index in [4.69, 9.17) is 0 Å².